The highest BCUT2D eigenvalue weighted by atomic mass is 19.2. The van der Waals surface area contributed by atoms with Crippen LogP contribution in [0.25, 0.3) is 0 Å². The molecule has 37 heavy (non-hydrogen) atoms. The molecule has 0 aromatic heterocycles. The summed E-state index contributed by atoms with van der Waals surface area (Å²) in [7, 11) is 0. The van der Waals surface area contributed by atoms with E-state index in [-0.39, 0.29) is 24.1 Å². The molecule has 1 fully saturated rings. The minimum Gasteiger partial charge on any atom is -0.444 e. The fraction of sp³-hybridized carbons (Fsp3) is 0.536. The third kappa shape index (κ3) is 8.17. The van der Waals surface area contributed by atoms with Crippen LogP contribution in [0.15, 0.2) is 42.5 Å². The van der Waals surface area contributed by atoms with Gasteiger partial charge < -0.3 is 20.5 Å². The van der Waals surface area contributed by atoms with Crippen molar-refractivity contribution in [1.29, 1.82) is 0 Å². The Kier molecular flexibility index (Phi) is 8.59. The van der Waals surface area contributed by atoms with Crippen molar-refractivity contribution < 1.29 is 32.2 Å². The number of carbonyl (C=O) groups excluding carboxylic acids is 1. The molecular formula is C28H36F4N2O3. The summed E-state index contributed by atoms with van der Waals surface area (Å²) in [6.45, 7) is 7.48. The molecule has 0 saturated heterocycles. The van der Waals surface area contributed by atoms with Crippen molar-refractivity contribution in [1.82, 2.24) is 10.6 Å². The molecule has 3 rings (SSSR count). The van der Waals surface area contributed by atoms with Gasteiger partial charge in [-0.3, -0.25) is 0 Å². The zero-order valence-electron chi connectivity index (χ0n) is 21.9. The van der Waals surface area contributed by atoms with Gasteiger partial charge in [0.05, 0.1) is 12.1 Å². The van der Waals surface area contributed by atoms with Crippen LogP contribution in [0.4, 0.5) is 22.4 Å². The molecule has 2 aromatic rings. The maximum Gasteiger partial charge on any atom is 0.407 e. The van der Waals surface area contributed by atoms with Crippen LogP contribution in [-0.2, 0) is 16.7 Å². The number of alkyl halides is 2. The molecule has 0 spiro atoms. The van der Waals surface area contributed by atoms with Crippen LogP contribution < -0.4 is 10.6 Å². The normalized spacial score (nSPS) is 17.6. The number of nitrogens with one attached hydrogen (secondary N) is 2. The van der Waals surface area contributed by atoms with E-state index < -0.39 is 52.9 Å². The maximum absolute atomic E-state index is 14.6. The molecule has 0 heterocycles. The lowest BCUT2D eigenvalue weighted by Gasteiger charge is -2.29. The number of aliphatic hydroxyl groups excluding tert-OH is 1. The molecule has 3 unspecified atom stereocenters. The Balaban J connectivity index is 1.74. The fourth-order valence-corrected chi connectivity index (χ4v) is 4.25. The summed E-state index contributed by atoms with van der Waals surface area (Å²) in [5, 5.41) is 16.9. The van der Waals surface area contributed by atoms with E-state index in [1.54, 1.807) is 39.0 Å². The molecule has 1 aliphatic rings. The fourth-order valence-electron chi connectivity index (χ4n) is 4.25. The summed E-state index contributed by atoms with van der Waals surface area (Å²) < 4.78 is 61.6. The topological polar surface area (TPSA) is 70.6 Å². The van der Waals surface area contributed by atoms with Gasteiger partial charge in [-0.1, -0.05) is 24.3 Å². The average Bonchev–Trinajstić information content (AvgIpc) is 3.55. The Hall–Kier alpha value is -2.65. The molecule has 204 valence electrons. The Bertz CT molecular complexity index is 1070. The highest BCUT2D eigenvalue weighted by Gasteiger charge is 2.45. The number of rotatable bonds is 10. The number of halogens is 4. The lowest BCUT2D eigenvalue weighted by atomic mass is 9.93. The second-order valence-electron chi connectivity index (χ2n) is 11.3. The van der Waals surface area contributed by atoms with Gasteiger partial charge in [0, 0.05) is 18.2 Å². The molecule has 1 saturated carbocycles. The zero-order valence-corrected chi connectivity index (χ0v) is 21.9. The van der Waals surface area contributed by atoms with E-state index in [2.05, 4.69) is 10.6 Å². The van der Waals surface area contributed by atoms with Crippen molar-refractivity contribution in [2.24, 2.45) is 0 Å². The standard InChI is InChI=1S/C28H36F4N2O3/c1-26(2,3)37-25(36)34-22(13-17-11-20(29)15-21(30)12-17)23(35)16-33-28(9-10-28)19-8-6-7-18(14-19)24(31)27(4,5)32/h6-8,11-12,14-15,22-24,33,35H,9-10,13,16H2,1-5H3,(H,34,36). The average molecular weight is 525 g/mol. The number of amides is 1. The van der Waals surface area contributed by atoms with Crippen LogP contribution in [0.5, 0.6) is 0 Å². The van der Waals surface area contributed by atoms with Gasteiger partial charge in [0.2, 0.25) is 0 Å². The van der Waals surface area contributed by atoms with Crippen LogP contribution in [0.1, 0.15) is 70.3 Å². The minimum atomic E-state index is -2.03. The number of carbonyl (C=O) groups is 1. The molecular weight excluding hydrogens is 488 g/mol. The quantitative estimate of drug-likeness (QED) is 0.344. The number of alkyl carbamates (subject to hydrolysis) is 1. The third-order valence-corrected chi connectivity index (χ3v) is 6.28. The predicted molar refractivity (Wildman–Crippen MR) is 134 cm³/mol. The van der Waals surface area contributed by atoms with Gasteiger partial charge >= 0.3 is 6.09 Å². The first-order valence-electron chi connectivity index (χ1n) is 12.4. The molecule has 9 heteroatoms. The molecule has 3 N–H and O–H groups in total. The lowest BCUT2D eigenvalue weighted by molar-refractivity contribution is 0.0419. The number of hydrogen-bond acceptors (Lipinski definition) is 4. The number of benzene rings is 2. The summed E-state index contributed by atoms with van der Waals surface area (Å²) in [5.74, 6) is -1.53. The molecule has 1 amide bonds. The largest absolute Gasteiger partial charge is 0.444 e. The van der Waals surface area contributed by atoms with Crippen molar-refractivity contribution >= 4 is 6.09 Å². The smallest absolute Gasteiger partial charge is 0.407 e. The zero-order chi connectivity index (χ0) is 27.6. The molecule has 0 radical (unpaired) electrons. The Morgan fingerprint density at radius 1 is 1.08 bits per heavy atom. The van der Waals surface area contributed by atoms with Crippen LogP contribution in [0, 0.1) is 11.6 Å². The second-order valence-corrected chi connectivity index (χ2v) is 11.3. The number of aliphatic hydroxyl groups is 1. The van der Waals surface area contributed by atoms with Gasteiger partial charge in [-0.2, -0.15) is 0 Å². The van der Waals surface area contributed by atoms with Crippen LogP contribution in [0.3, 0.4) is 0 Å². The van der Waals surface area contributed by atoms with Crippen LogP contribution >= 0.6 is 0 Å². The van der Waals surface area contributed by atoms with E-state index in [1.807, 2.05) is 6.07 Å². The Morgan fingerprint density at radius 2 is 1.70 bits per heavy atom. The first-order valence-corrected chi connectivity index (χ1v) is 12.4. The summed E-state index contributed by atoms with van der Waals surface area (Å²) in [6.07, 6.45) is -2.32. The van der Waals surface area contributed by atoms with E-state index in [0.29, 0.717) is 0 Å². The van der Waals surface area contributed by atoms with E-state index in [0.717, 1.165) is 36.6 Å². The van der Waals surface area contributed by atoms with Crippen molar-refractivity contribution in [2.45, 2.75) is 89.0 Å². The van der Waals surface area contributed by atoms with E-state index in [9.17, 15) is 27.5 Å². The predicted octanol–water partition coefficient (Wildman–Crippen LogP) is 5.80. The molecule has 2 aromatic carbocycles. The van der Waals surface area contributed by atoms with E-state index in [4.69, 9.17) is 4.74 Å². The Morgan fingerprint density at radius 3 is 2.24 bits per heavy atom. The van der Waals surface area contributed by atoms with Gasteiger partial charge in [0.25, 0.3) is 0 Å². The molecule has 1 aliphatic carbocycles. The monoisotopic (exact) mass is 524 g/mol. The highest BCUT2D eigenvalue weighted by Crippen LogP contribution is 2.46. The molecule has 3 atom stereocenters. The number of hydrogen-bond donors (Lipinski definition) is 3. The summed E-state index contributed by atoms with van der Waals surface area (Å²) in [4.78, 5) is 12.4. The first-order chi connectivity index (χ1) is 17.1. The third-order valence-electron chi connectivity index (χ3n) is 6.28. The summed E-state index contributed by atoms with van der Waals surface area (Å²) in [5.41, 5.74) is -2.08. The molecule has 0 aliphatic heterocycles. The summed E-state index contributed by atoms with van der Waals surface area (Å²) in [6, 6.07) is 8.76. The van der Waals surface area contributed by atoms with Crippen LogP contribution in [0.2, 0.25) is 0 Å². The van der Waals surface area contributed by atoms with Crippen molar-refractivity contribution in [2.75, 3.05) is 6.54 Å². The molecule has 0 bridgehead atoms. The lowest BCUT2D eigenvalue weighted by Crippen LogP contribution is -2.51. The van der Waals surface area contributed by atoms with Crippen molar-refractivity contribution in [3.05, 3.63) is 70.8 Å². The van der Waals surface area contributed by atoms with Gasteiger partial charge in [-0.25, -0.2) is 22.4 Å². The number of ether oxygens (including phenoxy) is 1. The molecule has 5 nitrogen and oxygen atoms in total. The Labute approximate surface area is 215 Å². The van der Waals surface area contributed by atoms with Crippen molar-refractivity contribution in [3.8, 4) is 0 Å². The highest BCUT2D eigenvalue weighted by molar-refractivity contribution is 5.68. The van der Waals surface area contributed by atoms with Gasteiger partial charge in [0.1, 0.15) is 22.9 Å². The minimum absolute atomic E-state index is 0.0240. The second kappa shape index (κ2) is 11.0. The summed E-state index contributed by atoms with van der Waals surface area (Å²) >= 11 is 0. The van der Waals surface area contributed by atoms with Crippen molar-refractivity contribution in [3.63, 3.8) is 0 Å². The maximum atomic E-state index is 14.6. The van der Waals surface area contributed by atoms with Gasteiger partial charge in [-0.05, 0) is 82.7 Å². The van der Waals surface area contributed by atoms with E-state index in [1.165, 1.54) is 13.8 Å². The van der Waals surface area contributed by atoms with Gasteiger partial charge in [0.15, 0.2) is 6.17 Å². The SMILES string of the molecule is CC(C)(C)OC(=O)NC(Cc1cc(F)cc(F)c1)C(O)CNC1(c2cccc(C(F)C(C)(C)F)c2)CC1. The van der Waals surface area contributed by atoms with Gasteiger partial charge in [-0.15, -0.1) is 0 Å². The van der Waals surface area contributed by atoms with E-state index >= 15 is 0 Å². The first kappa shape index (κ1) is 28.9. The van der Waals surface area contributed by atoms with Crippen LogP contribution in [-0.4, -0.2) is 41.2 Å².